The van der Waals surface area contributed by atoms with E-state index in [0.29, 0.717) is 17.7 Å². The third-order valence-corrected chi connectivity index (χ3v) is 2.73. The number of carbonyl (C=O) groups excluding carboxylic acids is 2. The summed E-state index contributed by atoms with van der Waals surface area (Å²) >= 11 is 0. The Balaban J connectivity index is 2.42. The number of aldehydes is 1. The van der Waals surface area contributed by atoms with Crippen molar-refractivity contribution in [3.05, 3.63) is 34.9 Å². The van der Waals surface area contributed by atoms with Gasteiger partial charge in [-0.15, -0.1) is 0 Å². The first kappa shape index (κ1) is 9.90. The van der Waals surface area contributed by atoms with E-state index in [1.54, 1.807) is 17.0 Å². The first-order valence-electron chi connectivity index (χ1n) is 5.02. The fourth-order valence-electron chi connectivity index (χ4n) is 1.83. The van der Waals surface area contributed by atoms with Crippen LogP contribution in [0.1, 0.15) is 40.1 Å². The third kappa shape index (κ3) is 1.54. The summed E-state index contributed by atoms with van der Waals surface area (Å²) in [7, 11) is 0. The highest BCUT2D eigenvalue weighted by Gasteiger charge is 2.28. The van der Waals surface area contributed by atoms with Crippen molar-refractivity contribution in [2.45, 2.75) is 26.4 Å². The Morgan fingerprint density at radius 2 is 2.13 bits per heavy atom. The molecule has 1 aromatic rings. The number of hydrogen-bond donors (Lipinski definition) is 0. The van der Waals surface area contributed by atoms with E-state index in [4.69, 9.17) is 0 Å². The van der Waals surface area contributed by atoms with Crippen LogP contribution < -0.4 is 0 Å². The summed E-state index contributed by atoms with van der Waals surface area (Å²) in [5.41, 5.74) is 2.25. The van der Waals surface area contributed by atoms with Gasteiger partial charge in [-0.3, -0.25) is 9.59 Å². The average molecular weight is 203 g/mol. The molecule has 0 unspecified atom stereocenters. The summed E-state index contributed by atoms with van der Waals surface area (Å²) in [6, 6.07) is 5.49. The lowest BCUT2D eigenvalue weighted by atomic mass is 10.1. The van der Waals surface area contributed by atoms with E-state index in [-0.39, 0.29) is 11.9 Å². The molecule has 0 aliphatic carbocycles. The molecule has 0 N–H and O–H groups in total. The van der Waals surface area contributed by atoms with Crippen LogP contribution in [-0.2, 0) is 6.54 Å². The molecule has 2 rings (SSSR count). The molecule has 0 fully saturated rings. The van der Waals surface area contributed by atoms with Gasteiger partial charge in [0.1, 0.15) is 6.29 Å². The van der Waals surface area contributed by atoms with Crippen LogP contribution >= 0.6 is 0 Å². The van der Waals surface area contributed by atoms with Gasteiger partial charge in [-0.25, -0.2) is 0 Å². The monoisotopic (exact) mass is 203 g/mol. The lowest BCUT2D eigenvalue weighted by Gasteiger charge is -2.19. The fraction of sp³-hybridized carbons (Fsp3) is 0.333. The van der Waals surface area contributed by atoms with Crippen LogP contribution in [0.4, 0.5) is 0 Å². The Morgan fingerprint density at radius 1 is 1.40 bits per heavy atom. The maximum Gasteiger partial charge on any atom is 0.254 e. The molecule has 0 radical (unpaired) electrons. The molecule has 0 atom stereocenters. The van der Waals surface area contributed by atoms with Gasteiger partial charge in [0.25, 0.3) is 5.91 Å². The van der Waals surface area contributed by atoms with Gasteiger partial charge in [-0.1, -0.05) is 12.1 Å². The van der Waals surface area contributed by atoms with Crippen LogP contribution in [0.15, 0.2) is 18.2 Å². The predicted molar refractivity (Wildman–Crippen MR) is 56.8 cm³/mol. The van der Waals surface area contributed by atoms with E-state index in [0.717, 1.165) is 11.8 Å². The van der Waals surface area contributed by atoms with Gasteiger partial charge < -0.3 is 4.90 Å². The molecular weight excluding hydrogens is 190 g/mol. The summed E-state index contributed by atoms with van der Waals surface area (Å²) in [5, 5.41) is 0. The van der Waals surface area contributed by atoms with E-state index < -0.39 is 0 Å². The van der Waals surface area contributed by atoms with Gasteiger partial charge in [0.15, 0.2) is 0 Å². The minimum absolute atomic E-state index is 0.0312. The van der Waals surface area contributed by atoms with Crippen molar-refractivity contribution in [1.29, 1.82) is 0 Å². The maximum absolute atomic E-state index is 11.9. The second-order valence-electron chi connectivity index (χ2n) is 4.06. The highest BCUT2D eigenvalue weighted by molar-refractivity contribution is 5.99. The molecule has 3 heteroatoms. The quantitative estimate of drug-likeness (QED) is 0.688. The van der Waals surface area contributed by atoms with Gasteiger partial charge in [-0.05, 0) is 25.5 Å². The molecule has 3 nitrogen and oxygen atoms in total. The Morgan fingerprint density at radius 3 is 2.73 bits per heavy atom. The first-order chi connectivity index (χ1) is 7.13. The van der Waals surface area contributed by atoms with Crippen LogP contribution in [0.5, 0.6) is 0 Å². The van der Waals surface area contributed by atoms with Crippen molar-refractivity contribution in [2.75, 3.05) is 0 Å². The molecule has 1 aliphatic heterocycles. The first-order valence-corrected chi connectivity index (χ1v) is 5.02. The van der Waals surface area contributed by atoms with E-state index >= 15 is 0 Å². The highest BCUT2D eigenvalue weighted by Crippen LogP contribution is 2.24. The Labute approximate surface area is 88.7 Å². The lowest BCUT2D eigenvalue weighted by Crippen LogP contribution is -2.30. The SMILES string of the molecule is CC(C)N1Cc2ccc(C=O)cc2C1=O. The molecule has 1 heterocycles. The van der Waals surface area contributed by atoms with Crippen LogP contribution in [0.25, 0.3) is 0 Å². The molecule has 0 saturated carbocycles. The third-order valence-electron chi connectivity index (χ3n) is 2.73. The normalized spacial score (nSPS) is 14.6. The molecule has 78 valence electrons. The van der Waals surface area contributed by atoms with Gasteiger partial charge >= 0.3 is 0 Å². The fourth-order valence-corrected chi connectivity index (χ4v) is 1.83. The Hall–Kier alpha value is -1.64. The molecule has 1 amide bonds. The van der Waals surface area contributed by atoms with Crippen molar-refractivity contribution in [2.24, 2.45) is 0 Å². The second-order valence-corrected chi connectivity index (χ2v) is 4.06. The maximum atomic E-state index is 11.9. The van der Waals surface area contributed by atoms with Crippen molar-refractivity contribution in [1.82, 2.24) is 4.90 Å². The number of benzene rings is 1. The van der Waals surface area contributed by atoms with Crippen molar-refractivity contribution < 1.29 is 9.59 Å². The number of carbonyl (C=O) groups is 2. The Kier molecular flexibility index (Phi) is 2.31. The zero-order chi connectivity index (χ0) is 11.0. The van der Waals surface area contributed by atoms with Gasteiger partial charge in [0, 0.05) is 23.7 Å². The minimum Gasteiger partial charge on any atom is -0.332 e. The minimum atomic E-state index is 0.0312. The summed E-state index contributed by atoms with van der Waals surface area (Å²) in [6.07, 6.45) is 0.769. The lowest BCUT2D eigenvalue weighted by molar-refractivity contribution is 0.0730. The number of hydrogen-bond acceptors (Lipinski definition) is 2. The summed E-state index contributed by atoms with van der Waals surface area (Å²) in [6.45, 7) is 4.64. The van der Waals surface area contributed by atoms with Gasteiger partial charge in [-0.2, -0.15) is 0 Å². The standard InChI is InChI=1S/C12H13NO2/c1-8(2)13-6-10-4-3-9(7-14)5-11(10)12(13)15/h3-5,7-8H,6H2,1-2H3. The van der Waals surface area contributed by atoms with Crippen LogP contribution in [0.2, 0.25) is 0 Å². The number of nitrogens with zero attached hydrogens (tertiary/aromatic N) is 1. The van der Waals surface area contributed by atoms with Crippen LogP contribution in [0, 0.1) is 0 Å². The number of amides is 1. The van der Waals surface area contributed by atoms with Gasteiger partial charge in [0.05, 0.1) is 0 Å². The molecule has 0 saturated heterocycles. The average Bonchev–Trinajstić information content (AvgIpc) is 2.56. The van der Waals surface area contributed by atoms with Crippen molar-refractivity contribution in [3.63, 3.8) is 0 Å². The van der Waals surface area contributed by atoms with E-state index in [9.17, 15) is 9.59 Å². The Bertz CT molecular complexity index is 424. The number of rotatable bonds is 2. The van der Waals surface area contributed by atoms with Crippen molar-refractivity contribution in [3.8, 4) is 0 Å². The van der Waals surface area contributed by atoms with E-state index in [1.165, 1.54) is 0 Å². The van der Waals surface area contributed by atoms with Crippen LogP contribution in [0.3, 0.4) is 0 Å². The zero-order valence-electron chi connectivity index (χ0n) is 8.86. The molecule has 15 heavy (non-hydrogen) atoms. The molecule has 0 bridgehead atoms. The summed E-state index contributed by atoms with van der Waals surface area (Å²) < 4.78 is 0. The topological polar surface area (TPSA) is 37.4 Å². The smallest absolute Gasteiger partial charge is 0.254 e. The van der Waals surface area contributed by atoms with E-state index in [1.807, 2.05) is 19.9 Å². The largest absolute Gasteiger partial charge is 0.332 e. The molecule has 1 aromatic carbocycles. The molecule has 1 aliphatic rings. The molecule has 0 aromatic heterocycles. The van der Waals surface area contributed by atoms with Crippen molar-refractivity contribution >= 4 is 12.2 Å². The molecule has 0 spiro atoms. The van der Waals surface area contributed by atoms with Crippen LogP contribution in [-0.4, -0.2) is 23.1 Å². The van der Waals surface area contributed by atoms with E-state index in [2.05, 4.69) is 0 Å². The summed E-state index contributed by atoms with van der Waals surface area (Å²) in [5.74, 6) is 0.0312. The summed E-state index contributed by atoms with van der Waals surface area (Å²) in [4.78, 5) is 24.3. The number of fused-ring (bicyclic) bond motifs is 1. The van der Waals surface area contributed by atoms with Gasteiger partial charge in [0.2, 0.25) is 0 Å². The molecular formula is C12H13NO2. The second kappa shape index (κ2) is 3.50. The zero-order valence-corrected chi connectivity index (χ0v) is 8.86. The predicted octanol–water partition coefficient (Wildman–Crippen LogP) is 1.86. The highest BCUT2D eigenvalue weighted by atomic mass is 16.2.